The van der Waals surface area contributed by atoms with Gasteiger partial charge in [0.1, 0.15) is 33.8 Å². The van der Waals surface area contributed by atoms with E-state index in [0.717, 1.165) is 16.2 Å². The molecule has 0 spiro atoms. The standard InChI is InChI=1S/3C9H7NO.In/c3*11-8-5-1-3-7-4-2-6-10-9(7)8;/h3*1-6,11H;/i;;;1-4. The van der Waals surface area contributed by atoms with E-state index in [1.807, 2.05) is 54.6 Å². The van der Waals surface area contributed by atoms with E-state index in [-0.39, 0.29) is 43.1 Å². The van der Waals surface area contributed by atoms with Crippen molar-refractivity contribution in [1.82, 2.24) is 15.0 Å². The van der Waals surface area contributed by atoms with Gasteiger partial charge in [0.25, 0.3) is 0 Å². The van der Waals surface area contributed by atoms with Gasteiger partial charge in [0.15, 0.2) is 0 Å². The number of phenols is 3. The van der Waals surface area contributed by atoms with Crippen LogP contribution in [0.2, 0.25) is 0 Å². The number of benzene rings is 3. The summed E-state index contributed by atoms with van der Waals surface area (Å²) in [7, 11) is 0. The van der Waals surface area contributed by atoms with E-state index < -0.39 is 0 Å². The molecule has 0 aliphatic carbocycles. The molecule has 0 aliphatic heterocycles. The molecule has 3 radical (unpaired) electrons. The van der Waals surface area contributed by atoms with Crippen LogP contribution in [-0.4, -0.2) is 56.1 Å². The van der Waals surface area contributed by atoms with E-state index >= 15 is 0 Å². The molecule has 0 saturated heterocycles. The molecule has 3 aromatic heterocycles. The van der Waals surface area contributed by atoms with Gasteiger partial charge in [-0.05, 0) is 36.4 Å². The van der Waals surface area contributed by atoms with Crippen LogP contribution in [0.1, 0.15) is 0 Å². The number of nitrogens with zero attached hydrogens (tertiary/aromatic N) is 3. The molecule has 0 unspecified atom stereocenters. The van der Waals surface area contributed by atoms with Gasteiger partial charge in [0.2, 0.25) is 0 Å². The van der Waals surface area contributed by atoms with Crippen LogP contribution in [0.25, 0.3) is 32.7 Å². The number of para-hydroxylation sites is 3. The summed E-state index contributed by atoms with van der Waals surface area (Å²) in [6.45, 7) is 0. The monoisotopic (exact) mass is 546 g/mol. The van der Waals surface area contributed by atoms with Gasteiger partial charge in [-0.15, -0.1) is 0 Å². The Kier molecular flexibility index (Phi) is 8.65. The van der Waals surface area contributed by atoms with E-state index in [9.17, 15) is 15.3 Å². The summed E-state index contributed by atoms with van der Waals surface area (Å²) in [5.74, 6) is 0.717. The minimum atomic E-state index is 0. The molecule has 0 fully saturated rings. The molecule has 0 saturated carbocycles. The maximum Gasteiger partial charge on any atom is 0.141 e. The van der Waals surface area contributed by atoms with Crippen molar-refractivity contribution in [2.75, 3.05) is 0 Å². The summed E-state index contributed by atoms with van der Waals surface area (Å²) in [6.07, 6.45) is 5.01. The van der Waals surface area contributed by atoms with Gasteiger partial charge >= 0.3 is 0 Å². The maximum absolute atomic E-state index is 9.31. The minimum Gasteiger partial charge on any atom is -0.506 e. The van der Waals surface area contributed by atoms with E-state index in [1.165, 1.54) is 0 Å². The zero-order chi connectivity index (χ0) is 23.0. The van der Waals surface area contributed by atoms with Crippen molar-refractivity contribution in [1.29, 1.82) is 0 Å². The third-order valence-electron chi connectivity index (χ3n) is 4.83. The Morgan fingerprint density at radius 3 is 0.912 bits per heavy atom. The fraction of sp³-hybridized carbons (Fsp3) is 0. The van der Waals surface area contributed by atoms with Gasteiger partial charge < -0.3 is 15.3 Å². The minimum absolute atomic E-state index is 0. The molecule has 34 heavy (non-hydrogen) atoms. The molecule has 0 atom stereocenters. The number of rotatable bonds is 0. The normalized spacial score (nSPS) is 9.88. The molecule has 0 amide bonds. The maximum atomic E-state index is 9.31. The Morgan fingerprint density at radius 1 is 0.382 bits per heavy atom. The smallest absolute Gasteiger partial charge is 0.141 e. The van der Waals surface area contributed by atoms with E-state index in [1.54, 1.807) is 55.0 Å². The van der Waals surface area contributed by atoms with Gasteiger partial charge in [-0.1, -0.05) is 54.6 Å². The van der Waals surface area contributed by atoms with Gasteiger partial charge in [0.05, 0.1) is 0 Å². The zero-order valence-electron chi connectivity index (χ0n) is 18.2. The number of pyridine rings is 3. The number of hydrogen-bond donors (Lipinski definition) is 3. The van der Waals surface area contributed by atoms with Crippen molar-refractivity contribution in [3.63, 3.8) is 0 Å². The second-order valence-electron chi connectivity index (χ2n) is 7.06. The van der Waals surface area contributed by atoms with Crippen molar-refractivity contribution >= 4 is 58.6 Å². The van der Waals surface area contributed by atoms with Crippen LogP contribution in [0, 0.1) is 0 Å². The molecule has 3 aromatic carbocycles. The third kappa shape index (κ3) is 5.94. The molecule has 165 valence electrons. The molecular formula is C27H21InN3O3. The van der Waals surface area contributed by atoms with Crippen LogP contribution in [-0.2, 0) is 0 Å². The topological polar surface area (TPSA) is 99.4 Å². The van der Waals surface area contributed by atoms with Crippen molar-refractivity contribution in [2.45, 2.75) is 0 Å². The molecule has 3 N–H and O–H groups in total. The molecule has 6 nitrogen and oxygen atoms in total. The largest absolute Gasteiger partial charge is 0.506 e. The van der Waals surface area contributed by atoms with Crippen LogP contribution in [0.3, 0.4) is 0 Å². The van der Waals surface area contributed by atoms with Gasteiger partial charge in [0, 0.05) is 60.6 Å². The van der Waals surface area contributed by atoms with Crippen molar-refractivity contribution in [2.24, 2.45) is 0 Å². The molecule has 6 aromatic rings. The first-order chi connectivity index (χ1) is 16.1. The Bertz CT molecular complexity index is 1330. The van der Waals surface area contributed by atoms with Crippen LogP contribution in [0.15, 0.2) is 110 Å². The second kappa shape index (κ2) is 11.9. The first-order valence-corrected chi connectivity index (χ1v) is 10.2. The molecular weight excluding hydrogens is 525 g/mol. The van der Waals surface area contributed by atoms with Crippen molar-refractivity contribution in [3.05, 3.63) is 110 Å². The summed E-state index contributed by atoms with van der Waals surface area (Å²) >= 11 is 0. The Hall–Kier alpha value is -3.84. The van der Waals surface area contributed by atoms with Crippen LogP contribution in [0.5, 0.6) is 17.2 Å². The average Bonchev–Trinajstić information content (AvgIpc) is 2.86. The molecule has 0 aliphatic rings. The Morgan fingerprint density at radius 2 is 0.647 bits per heavy atom. The van der Waals surface area contributed by atoms with E-state index in [0.29, 0.717) is 16.6 Å². The average molecular weight is 546 g/mol. The van der Waals surface area contributed by atoms with Crippen molar-refractivity contribution in [3.8, 4) is 17.2 Å². The summed E-state index contributed by atoms with van der Waals surface area (Å²) in [5, 5.41) is 30.8. The number of aromatic nitrogens is 3. The number of fused-ring (bicyclic) bond motifs is 3. The molecule has 0 bridgehead atoms. The van der Waals surface area contributed by atoms with Gasteiger partial charge in [-0.2, -0.15) is 0 Å². The predicted molar refractivity (Wildman–Crippen MR) is 136 cm³/mol. The molecule has 7 heteroatoms. The van der Waals surface area contributed by atoms with Crippen LogP contribution < -0.4 is 0 Å². The summed E-state index contributed by atoms with van der Waals surface area (Å²) in [5.41, 5.74) is 1.99. The van der Waals surface area contributed by atoms with Crippen LogP contribution in [0.4, 0.5) is 0 Å². The Balaban J connectivity index is 0.000000141. The predicted octanol–water partition coefficient (Wildman–Crippen LogP) is 5.44. The molecule has 6 rings (SSSR count). The SMILES string of the molecule is Oc1cccc2cccnc12.Oc1cccc2cccnc12.Oc1cccc2cccnc12.[111In]. The summed E-state index contributed by atoms with van der Waals surface area (Å²) in [4.78, 5) is 12.1. The summed E-state index contributed by atoms with van der Waals surface area (Å²) < 4.78 is 0. The van der Waals surface area contributed by atoms with E-state index in [4.69, 9.17) is 0 Å². The fourth-order valence-electron chi connectivity index (χ4n) is 3.26. The van der Waals surface area contributed by atoms with E-state index in [2.05, 4.69) is 15.0 Å². The van der Waals surface area contributed by atoms with Crippen LogP contribution >= 0.6 is 0 Å². The number of aromatic hydroxyl groups is 3. The van der Waals surface area contributed by atoms with Crippen molar-refractivity contribution < 1.29 is 15.3 Å². The summed E-state index contributed by atoms with van der Waals surface area (Å²) in [6, 6.07) is 27.4. The number of hydrogen-bond acceptors (Lipinski definition) is 6. The Labute approximate surface area is 215 Å². The first-order valence-electron chi connectivity index (χ1n) is 10.2. The third-order valence-corrected chi connectivity index (χ3v) is 4.83. The zero-order valence-corrected chi connectivity index (χ0v) is 21.4. The quantitative estimate of drug-likeness (QED) is 0.235. The number of phenolic OH excluding ortho intramolecular Hbond substituents is 3. The fourth-order valence-corrected chi connectivity index (χ4v) is 3.26. The molecule has 3 heterocycles. The van der Waals surface area contributed by atoms with Gasteiger partial charge in [-0.3, -0.25) is 15.0 Å². The second-order valence-corrected chi connectivity index (χ2v) is 7.06. The van der Waals surface area contributed by atoms with Gasteiger partial charge in [-0.25, -0.2) is 0 Å². The first kappa shape index (κ1) is 24.8.